The van der Waals surface area contributed by atoms with Gasteiger partial charge in [-0.2, -0.15) is 0 Å². The zero-order chi connectivity index (χ0) is 12.8. The van der Waals surface area contributed by atoms with E-state index >= 15 is 0 Å². The Bertz CT molecular complexity index is 295. The van der Waals surface area contributed by atoms with Gasteiger partial charge in [0, 0.05) is 6.42 Å². The molecule has 1 fully saturated rings. The number of carbonyl (C=O) groups is 1. The van der Waals surface area contributed by atoms with E-state index in [-0.39, 0.29) is 0 Å². The topological polar surface area (TPSA) is 17.1 Å². The van der Waals surface area contributed by atoms with Crippen LogP contribution in [-0.4, -0.2) is 5.78 Å². The summed E-state index contributed by atoms with van der Waals surface area (Å²) in [6.45, 7) is 2.28. The van der Waals surface area contributed by atoms with Gasteiger partial charge in [0.25, 0.3) is 0 Å². The van der Waals surface area contributed by atoms with Gasteiger partial charge in [0.05, 0.1) is 0 Å². The smallest absolute Gasteiger partial charge is 0.155 e. The van der Waals surface area contributed by atoms with Crippen LogP contribution < -0.4 is 0 Å². The molecule has 2 aliphatic rings. The van der Waals surface area contributed by atoms with E-state index in [1.54, 1.807) is 0 Å². The quantitative estimate of drug-likeness (QED) is 0.622. The zero-order valence-electron chi connectivity index (χ0n) is 11.9. The fourth-order valence-corrected chi connectivity index (χ4v) is 3.64. The van der Waals surface area contributed by atoms with Crippen LogP contribution >= 0.6 is 0 Å². The molecule has 1 heteroatoms. The highest BCUT2D eigenvalue weighted by molar-refractivity contribution is 5.91. The van der Waals surface area contributed by atoms with Crippen molar-refractivity contribution in [3.63, 3.8) is 0 Å². The molecule has 0 N–H and O–H groups in total. The zero-order valence-corrected chi connectivity index (χ0v) is 11.9. The summed E-state index contributed by atoms with van der Waals surface area (Å²) in [6, 6.07) is 0. The lowest BCUT2D eigenvalue weighted by atomic mass is 9.74. The minimum atomic E-state index is 0.376. The van der Waals surface area contributed by atoms with E-state index in [9.17, 15) is 4.79 Å². The molecule has 0 amide bonds. The van der Waals surface area contributed by atoms with Crippen LogP contribution in [0, 0.1) is 11.8 Å². The lowest BCUT2D eigenvalue weighted by Gasteiger charge is -2.31. The minimum Gasteiger partial charge on any atom is -0.295 e. The Hall–Kier alpha value is -0.590. The summed E-state index contributed by atoms with van der Waals surface area (Å²) in [7, 11) is 0. The first-order valence-corrected chi connectivity index (χ1v) is 8.03. The van der Waals surface area contributed by atoms with E-state index in [0.717, 1.165) is 24.7 Å². The van der Waals surface area contributed by atoms with Crippen molar-refractivity contribution in [1.29, 1.82) is 0 Å². The van der Waals surface area contributed by atoms with Crippen molar-refractivity contribution in [1.82, 2.24) is 0 Å². The summed E-state index contributed by atoms with van der Waals surface area (Å²) in [5, 5.41) is 0. The third-order valence-corrected chi connectivity index (χ3v) is 4.82. The lowest BCUT2D eigenvalue weighted by Crippen LogP contribution is -2.18. The van der Waals surface area contributed by atoms with Crippen LogP contribution in [-0.2, 0) is 4.79 Å². The molecule has 0 heterocycles. The Labute approximate surface area is 112 Å². The van der Waals surface area contributed by atoms with E-state index in [0.29, 0.717) is 5.78 Å². The molecule has 2 rings (SSSR count). The van der Waals surface area contributed by atoms with Crippen molar-refractivity contribution in [2.75, 3.05) is 0 Å². The summed E-state index contributed by atoms with van der Waals surface area (Å²) in [5.41, 5.74) is 1.48. The fourth-order valence-electron chi connectivity index (χ4n) is 3.64. The molecule has 0 atom stereocenters. The second-order valence-corrected chi connectivity index (χ2v) is 6.25. The van der Waals surface area contributed by atoms with Crippen molar-refractivity contribution < 1.29 is 4.79 Å². The molecule has 0 aromatic heterocycles. The van der Waals surface area contributed by atoms with Crippen LogP contribution in [0.3, 0.4) is 0 Å². The van der Waals surface area contributed by atoms with Crippen LogP contribution in [0.15, 0.2) is 11.6 Å². The Balaban J connectivity index is 1.74. The third kappa shape index (κ3) is 3.96. The SMILES string of the molecule is CCCCCC1CCC(C2=CC(=O)CCC2)CC1. The number of hydrogen-bond donors (Lipinski definition) is 0. The summed E-state index contributed by atoms with van der Waals surface area (Å²) in [5.74, 6) is 2.10. The number of rotatable bonds is 5. The van der Waals surface area contributed by atoms with Crippen molar-refractivity contribution in [2.45, 2.75) is 77.6 Å². The molecule has 2 aliphatic carbocycles. The van der Waals surface area contributed by atoms with E-state index < -0.39 is 0 Å². The van der Waals surface area contributed by atoms with Crippen LogP contribution in [0.2, 0.25) is 0 Å². The number of hydrogen-bond acceptors (Lipinski definition) is 1. The van der Waals surface area contributed by atoms with Gasteiger partial charge in [0.1, 0.15) is 0 Å². The standard InChI is InChI=1S/C17H28O/c1-2-3-4-6-14-9-11-15(12-10-14)16-7-5-8-17(18)13-16/h13-15H,2-12H2,1H3. The van der Waals surface area contributed by atoms with Gasteiger partial charge < -0.3 is 0 Å². The maximum absolute atomic E-state index is 11.5. The van der Waals surface area contributed by atoms with Crippen LogP contribution in [0.5, 0.6) is 0 Å². The first kappa shape index (κ1) is 13.8. The predicted molar refractivity (Wildman–Crippen MR) is 76.5 cm³/mol. The van der Waals surface area contributed by atoms with Crippen LogP contribution in [0.25, 0.3) is 0 Å². The molecule has 102 valence electrons. The first-order valence-electron chi connectivity index (χ1n) is 8.03. The predicted octanol–water partition coefficient (Wildman–Crippen LogP) is 5.05. The normalized spacial score (nSPS) is 29.2. The first-order chi connectivity index (χ1) is 8.79. The maximum atomic E-state index is 11.5. The molecule has 0 bridgehead atoms. The van der Waals surface area contributed by atoms with Crippen molar-refractivity contribution in [2.24, 2.45) is 11.8 Å². The second-order valence-electron chi connectivity index (χ2n) is 6.25. The highest BCUT2D eigenvalue weighted by atomic mass is 16.1. The summed E-state index contributed by atoms with van der Waals surface area (Å²) in [4.78, 5) is 11.5. The Morgan fingerprint density at radius 1 is 1.11 bits per heavy atom. The molecule has 0 radical (unpaired) electrons. The van der Waals surface area contributed by atoms with E-state index in [2.05, 4.69) is 6.92 Å². The van der Waals surface area contributed by atoms with Crippen molar-refractivity contribution in [3.05, 3.63) is 11.6 Å². The van der Waals surface area contributed by atoms with Crippen molar-refractivity contribution in [3.8, 4) is 0 Å². The number of carbonyl (C=O) groups excluding carboxylic acids is 1. The molecular formula is C17H28O. The number of allylic oxidation sites excluding steroid dienone is 2. The van der Waals surface area contributed by atoms with Crippen LogP contribution in [0.4, 0.5) is 0 Å². The van der Waals surface area contributed by atoms with Gasteiger partial charge in [-0.25, -0.2) is 0 Å². The highest BCUT2D eigenvalue weighted by Crippen LogP contribution is 2.38. The molecule has 0 aliphatic heterocycles. The Morgan fingerprint density at radius 3 is 2.56 bits per heavy atom. The molecule has 1 saturated carbocycles. The van der Waals surface area contributed by atoms with E-state index in [1.807, 2.05) is 6.08 Å². The average molecular weight is 248 g/mol. The summed E-state index contributed by atoms with van der Waals surface area (Å²) in [6.07, 6.45) is 16.2. The Kier molecular flexibility index (Phi) is 5.46. The molecule has 0 spiro atoms. The van der Waals surface area contributed by atoms with Gasteiger partial charge in [0.15, 0.2) is 5.78 Å². The van der Waals surface area contributed by atoms with E-state index in [4.69, 9.17) is 0 Å². The maximum Gasteiger partial charge on any atom is 0.155 e. The largest absolute Gasteiger partial charge is 0.295 e. The van der Waals surface area contributed by atoms with Gasteiger partial charge in [-0.1, -0.05) is 38.2 Å². The molecule has 0 saturated heterocycles. The van der Waals surface area contributed by atoms with Gasteiger partial charge in [-0.15, -0.1) is 0 Å². The molecule has 0 unspecified atom stereocenters. The molecule has 0 aromatic carbocycles. The summed E-state index contributed by atoms with van der Waals surface area (Å²) < 4.78 is 0. The fraction of sp³-hybridized carbons (Fsp3) is 0.824. The average Bonchev–Trinajstić information content (AvgIpc) is 2.40. The molecule has 18 heavy (non-hydrogen) atoms. The van der Waals surface area contributed by atoms with E-state index in [1.165, 1.54) is 63.4 Å². The minimum absolute atomic E-state index is 0.376. The van der Waals surface area contributed by atoms with Gasteiger partial charge in [-0.3, -0.25) is 4.79 Å². The molecule has 1 nitrogen and oxygen atoms in total. The van der Waals surface area contributed by atoms with Gasteiger partial charge in [-0.05, 0) is 56.4 Å². The monoisotopic (exact) mass is 248 g/mol. The van der Waals surface area contributed by atoms with Crippen molar-refractivity contribution >= 4 is 5.78 Å². The number of unbranched alkanes of at least 4 members (excludes halogenated alkanes) is 2. The Morgan fingerprint density at radius 2 is 1.89 bits per heavy atom. The highest BCUT2D eigenvalue weighted by Gasteiger charge is 2.25. The molecular weight excluding hydrogens is 220 g/mol. The van der Waals surface area contributed by atoms with Crippen LogP contribution in [0.1, 0.15) is 77.6 Å². The van der Waals surface area contributed by atoms with Gasteiger partial charge in [0.2, 0.25) is 0 Å². The second kappa shape index (κ2) is 7.11. The third-order valence-electron chi connectivity index (χ3n) is 4.82. The van der Waals surface area contributed by atoms with Gasteiger partial charge >= 0.3 is 0 Å². The number of ketones is 1. The lowest BCUT2D eigenvalue weighted by molar-refractivity contribution is -0.115. The summed E-state index contributed by atoms with van der Waals surface area (Å²) >= 11 is 0. The molecule has 0 aromatic rings.